The summed E-state index contributed by atoms with van der Waals surface area (Å²) in [6.45, 7) is 7.64. The van der Waals surface area contributed by atoms with Crippen LogP contribution < -0.4 is 0 Å². The fourth-order valence-electron chi connectivity index (χ4n) is 1.38. The van der Waals surface area contributed by atoms with Crippen LogP contribution in [0.1, 0.15) is 40.5 Å². The maximum Gasteiger partial charge on any atom is 0.417 e. The van der Waals surface area contributed by atoms with Gasteiger partial charge in [0, 0.05) is 6.42 Å². The van der Waals surface area contributed by atoms with Gasteiger partial charge in [0.05, 0.1) is 6.54 Å². The zero-order chi connectivity index (χ0) is 12.3. The van der Waals surface area contributed by atoms with Crippen molar-refractivity contribution in [2.75, 3.05) is 6.54 Å². The summed E-state index contributed by atoms with van der Waals surface area (Å²) in [7, 11) is 0. The SMILES string of the molecule is CC1=CCN(C(=O)OC(C)(C)C)C(=O)CC1. The summed E-state index contributed by atoms with van der Waals surface area (Å²) in [5, 5.41) is 0. The molecule has 1 rings (SSSR count). The predicted molar refractivity (Wildman–Crippen MR) is 60.9 cm³/mol. The average Bonchev–Trinajstić information content (AvgIpc) is 2.26. The molecule has 0 aliphatic carbocycles. The van der Waals surface area contributed by atoms with Crippen molar-refractivity contribution in [3.63, 3.8) is 0 Å². The molecule has 0 saturated heterocycles. The number of rotatable bonds is 0. The largest absolute Gasteiger partial charge is 0.443 e. The van der Waals surface area contributed by atoms with Gasteiger partial charge in [0.25, 0.3) is 0 Å². The summed E-state index contributed by atoms with van der Waals surface area (Å²) in [5.74, 6) is -0.164. The van der Waals surface area contributed by atoms with Crippen molar-refractivity contribution >= 4 is 12.0 Å². The number of imide groups is 1. The van der Waals surface area contributed by atoms with E-state index in [2.05, 4.69) is 0 Å². The lowest BCUT2D eigenvalue weighted by molar-refractivity contribution is -0.129. The van der Waals surface area contributed by atoms with E-state index in [1.165, 1.54) is 4.90 Å². The maximum absolute atomic E-state index is 11.7. The van der Waals surface area contributed by atoms with Crippen molar-refractivity contribution in [3.05, 3.63) is 11.6 Å². The molecule has 1 aliphatic heterocycles. The molecule has 0 radical (unpaired) electrons. The van der Waals surface area contributed by atoms with Crippen molar-refractivity contribution in [3.8, 4) is 0 Å². The van der Waals surface area contributed by atoms with Crippen LogP contribution in [0, 0.1) is 0 Å². The van der Waals surface area contributed by atoms with E-state index in [1.54, 1.807) is 20.8 Å². The first-order valence-electron chi connectivity index (χ1n) is 5.48. The highest BCUT2D eigenvalue weighted by atomic mass is 16.6. The molecule has 0 bridgehead atoms. The van der Waals surface area contributed by atoms with Gasteiger partial charge in [-0.05, 0) is 34.1 Å². The Labute approximate surface area is 96.3 Å². The van der Waals surface area contributed by atoms with E-state index < -0.39 is 11.7 Å². The van der Waals surface area contributed by atoms with Crippen molar-refractivity contribution < 1.29 is 14.3 Å². The van der Waals surface area contributed by atoms with Crippen LogP contribution in [0.3, 0.4) is 0 Å². The summed E-state index contributed by atoms with van der Waals surface area (Å²) in [6.07, 6.45) is 2.44. The highest BCUT2D eigenvalue weighted by Crippen LogP contribution is 2.15. The molecule has 0 N–H and O–H groups in total. The fraction of sp³-hybridized carbons (Fsp3) is 0.667. The molecule has 1 aliphatic rings. The van der Waals surface area contributed by atoms with E-state index in [1.807, 2.05) is 13.0 Å². The third-order valence-electron chi connectivity index (χ3n) is 2.27. The Bertz CT molecular complexity index is 326. The van der Waals surface area contributed by atoms with Gasteiger partial charge in [-0.2, -0.15) is 0 Å². The Morgan fingerprint density at radius 1 is 1.38 bits per heavy atom. The normalized spacial score (nSPS) is 17.9. The van der Waals surface area contributed by atoms with Crippen molar-refractivity contribution in [1.29, 1.82) is 0 Å². The number of carbonyl (C=O) groups excluding carboxylic acids is 2. The number of hydrogen-bond donors (Lipinski definition) is 0. The van der Waals surface area contributed by atoms with Crippen LogP contribution >= 0.6 is 0 Å². The Kier molecular flexibility index (Phi) is 3.73. The first-order chi connectivity index (χ1) is 7.29. The van der Waals surface area contributed by atoms with Crippen LogP contribution in [0.2, 0.25) is 0 Å². The number of ether oxygens (including phenoxy) is 1. The number of allylic oxidation sites excluding steroid dienone is 1. The van der Waals surface area contributed by atoms with Crippen LogP contribution in [0.4, 0.5) is 4.79 Å². The molecule has 4 heteroatoms. The number of amides is 2. The van der Waals surface area contributed by atoms with Crippen LogP contribution in [0.25, 0.3) is 0 Å². The molecule has 0 unspecified atom stereocenters. The summed E-state index contributed by atoms with van der Waals surface area (Å²) in [5.41, 5.74) is 0.571. The van der Waals surface area contributed by atoms with Crippen molar-refractivity contribution in [1.82, 2.24) is 4.90 Å². The third-order valence-corrected chi connectivity index (χ3v) is 2.27. The molecule has 4 nitrogen and oxygen atoms in total. The number of carbonyl (C=O) groups is 2. The second-order valence-electron chi connectivity index (χ2n) is 5.04. The summed E-state index contributed by atoms with van der Waals surface area (Å²) in [6, 6.07) is 0. The first-order valence-corrected chi connectivity index (χ1v) is 5.48. The van der Waals surface area contributed by atoms with Gasteiger partial charge in [-0.1, -0.05) is 11.6 Å². The van der Waals surface area contributed by atoms with Gasteiger partial charge in [0.2, 0.25) is 5.91 Å². The average molecular weight is 225 g/mol. The molecule has 1 heterocycles. The minimum absolute atomic E-state index is 0.164. The van der Waals surface area contributed by atoms with E-state index >= 15 is 0 Å². The molecule has 0 aromatic heterocycles. The zero-order valence-electron chi connectivity index (χ0n) is 10.4. The van der Waals surface area contributed by atoms with Crippen LogP contribution in [-0.4, -0.2) is 29.0 Å². The Morgan fingerprint density at radius 3 is 2.56 bits per heavy atom. The van der Waals surface area contributed by atoms with Gasteiger partial charge >= 0.3 is 6.09 Å². The van der Waals surface area contributed by atoms with Crippen LogP contribution in [0.5, 0.6) is 0 Å². The van der Waals surface area contributed by atoms with Gasteiger partial charge in [0.1, 0.15) is 5.60 Å². The molecule has 0 spiro atoms. The van der Waals surface area contributed by atoms with Gasteiger partial charge < -0.3 is 4.74 Å². The molecule has 0 atom stereocenters. The Morgan fingerprint density at radius 2 is 2.00 bits per heavy atom. The molecule has 0 fully saturated rings. The zero-order valence-corrected chi connectivity index (χ0v) is 10.4. The topological polar surface area (TPSA) is 46.6 Å². The fourth-order valence-corrected chi connectivity index (χ4v) is 1.38. The summed E-state index contributed by atoms with van der Waals surface area (Å²) < 4.78 is 5.18. The molecular weight excluding hydrogens is 206 g/mol. The smallest absolute Gasteiger partial charge is 0.417 e. The minimum atomic E-state index is -0.567. The first kappa shape index (κ1) is 12.7. The highest BCUT2D eigenvalue weighted by molar-refractivity contribution is 5.92. The standard InChI is InChI=1S/C12H19NO3/c1-9-5-6-10(14)13(8-7-9)11(15)16-12(2,3)4/h7H,5-6,8H2,1-4H3. The molecule has 2 amide bonds. The van der Waals surface area contributed by atoms with Gasteiger partial charge in [0.15, 0.2) is 0 Å². The highest BCUT2D eigenvalue weighted by Gasteiger charge is 2.27. The lowest BCUT2D eigenvalue weighted by Crippen LogP contribution is -2.40. The lowest BCUT2D eigenvalue weighted by Gasteiger charge is -2.24. The van der Waals surface area contributed by atoms with Crippen molar-refractivity contribution in [2.45, 2.75) is 46.1 Å². The second kappa shape index (κ2) is 4.68. The monoisotopic (exact) mass is 225 g/mol. The maximum atomic E-state index is 11.7. The molecule has 0 aromatic carbocycles. The predicted octanol–water partition coefficient (Wildman–Crippen LogP) is 2.49. The summed E-state index contributed by atoms with van der Waals surface area (Å²) >= 11 is 0. The molecule has 0 aromatic rings. The minimum Gasteiger partial charge on any atom is -0.443 e. The van der Waals surface area contributed by atoms with E-state index in [4.69, 9.17) is 4.74 Å². The van der Waals surface area contributed by atoms with Gasteiger partial charge in [-0.3, -0.25) is 4.79 Å². The van der Waals surface area contributed by atoms with Crippen LogP contribution in [0.15, 0.2) is 11.6 Å². The quantitative estimate of drug-likeness (QED) is 0.595. The molecular formula is C12H19NO3. The van der Waals surface area contributed by atoms with E-state index in [0.717, 1.165) is 12.0 Å². The molecule has 0 saturated carbocycles. The van der Waals surface area contributed by atoms with E-state index in [-0.39, 0.29) is 5.91 Å². The number of nitrogens with zero attached hydrogens (tertiary/aromatic N) is 1. The number of hydrogen-bond acceptors (Lipinski definition) is 3. The third kappa shape index (κ3) is 3.68. The summed E-state index contributed by atoms with van der Waals surface area (Å²) in [4.78, 5) is 24.6. The van der Waals surface area contributed by atoms with Crippen LogP contribution in [-0.2, 0) is 9.53 Å². The van der Waals surface area contributed by atoms with Crippen molar-refractivity contribution in [2.24, 2.45) is 0 Å². The molecule has 90 valence electrons. The van der Waals surface area contributed by atoms with Gasteiger partial charge in [-0.15, -0.1) is 0 Å². The Hall–Kier alpha value is -1.32. The van der Waals surface area contributed by atoms with E-state index in [0.29, 0.717) is 13.0 Å². The Balaban J connectivity index is 2.71. The van der Waals surface area contributed by atoms with Gasteiger partial charge in [-0.25, -0.2) is 9.69 Å². The molecule has 16 heavy (non-hydrogen) atoms. The second-order valence-corrected chi connectivity index (χ2v) is 5.04. The van der Waals surface area contributed by atoms with E-state index in [9.17, 15) is 9.59 Å². The lowest BCUT2D eigenvalue weighted by atomic mass is 10.2.